The van der Waals surface area contributed by atoms with Gasteiger partial charge in [-0.3, -0.25) is 9.69 Å². The molecule has 1 aliphatic rings. The van der Waals surface area contributed by atoms with Gasteiger partial charge in [-0.05, 0) is 6.42 Å². The number of carbonyl (C=O) groups excluding carboxylic acids is 1. The van der Waals surface area contributed by atoms with Crippen LogP contribution >= 0.6 is 0 Å². The Labute approximate surface area is 173 Å². The zero-order valence-electron chi connectivity index (χ0n) is 16.0. The van der Waals surface area contributed by atoms with Crippen molar-refractivity contribution in [3.05, 3.63) is 42.4 Å². The molecule has 31 heavy (non-hydrogen) atoms. The number of anilines is 1. The third kappa shape index (κ3) is 7.40. The van der Waals surface area contributed by atoms with Gasteiger partial charge in [-0.1, -0.05) is 0 Å². The summed E-state index contributed by atoms with van der Waals surface area (Å²) in [6.45, 7) is 1.17. The first-order valence-corrected chi connectivity index (χ1v) is 8.84. The number of nitrogens with zero attached hydrogens (tertiary/aromatic N) is 5. The van der Waals surface area contributed by atoms with Crippen molar-refractivity contribution >= 4 is 17.7 Å². The van der Waals surface area contributed by atoms with E-state index in [9.17, 15) is 22.4 Å². The fraction of sp³-hybridized carbons (Fsp3) is 0.412. The van der Waals surface area contributed by atoms with Crippen molar-refractivity contribution in [1.29, 1.82) is 0 Å². The van der Waals surface area contributed by atoms with Crippen molar-refractivity contribution in [1.82, 2.24) is 30.2 Å². The Morgan fingerprint density at radius 1 is 1.23 bits per heavy atom. The summed E-state index contributed by atoms with van der Waals surface area (Å²) < 4.78 is 45.5. The van der Waals surface area contributed by atoms with Gasteiger partial charge in [0.2, 0.25) is 0 Å². The number of halogens is 4. The van der Waals surface area contributed by atoms with E-state index in [1.807, 2.05) is 4.90 Å². The van der Waals surface area contributed by atoms with Gasteiger partial charge in [0.15, 0.2) is 11.5 Å². The fourth-order valence-electron chi connectivity index (χ4n) is 2.79. The number of hydrogen-bond acceptors (Lipinski definition) is 8. The molecule has 0 unspecified atom stereocenters. The second-order valence-electron chi connectivity index (χ2n) is 6.47. The summed E-state index contributed by atoms with van der Waals surface area (Å²) in [5.74, 6) is -3.10. The number of carboxylic acids is 1. The van der Waals surface area contributed by atoms with Gasteiger partial charge in [-0.25, -0.2) is 29.1 Å². The normalized spacial score (nSPS) is 18.7. The highest BCUT2D eigenvalue weighted by atomic mass is 19.4. The van der Waals surface area contributed by atoms with E-state index >= 15 is 0 Å². The van der Waals surface area contributed by atoms with Crippen LogP contribution < -0.4 is 11.1 Å². The number of carbonyl (C=O) groups is 2. The van der Waals surface area contributed by atoms with Gasteiger partial charge in [0, 0.05) is 56.0 Å². The van der Waals surface area contributed by atoms with Crippen molar-refractivity contribution in [2.24, 2.45) is 0 Å². The van der Waals surface area contributed by atoms with E-state index in [0.717, 1.165) is 5.56 Å². The number of carboxylic acid groups (broad SMARTS) is 1. The van der Waals surface area contributed by atoms with Crippen LogP contribution in [0.5, 0.6) is 0 Å². The van der Waals surface area contributed by atoms with E-state index in [2.05, 4.69) is 25.3 Å². The Kier molecular flexibility index (Phi) is 8.13. The Hall–Kier alpha value is -3.42. The number of amides is 1. The topological polar surface area (TPSA) is 147 Å². The smallest absolute Gasteiger partial charge is 0.475 e. The highest BCUT2D eigenvalue weighted by Gasteiger charge is 2.38. The lowest BCUT2D eigenvalue weighted by atomic mass is 10.2. The van der Waals surface area contributed by atoms with Crippen LogP contribution in [0, 0.1) is 0 Å². The molecule has 1 amide bonds. The first-order chi connectivity index (χ1) is 14.6. The van der Waals surface area contributed by atoms with Gasteiger partial charge in [-0.2, -0.15) is 13.2 Å². The molecular weight excluding hydrogens is 426 g/mol. The molecule has 3 heterocycles. The van der Waals surface area contributed by atoms with E-state index in [0.29, 0.717) is 26.1 Å². The summed E-state index contributed by atoms with van der Waals surface area (Å²) in [4.78, 5) is 38.7. The Morgan fingerprint density at radius 3 is 2.42 bits per heavy atom. The zero-order valence-corrected chi connectivity index (χ0v) is 16.0. The molecule has 1 fully saturated rings. The van der Waals surface area contributed by atoms with Crippen molar-refractivity contribution in [3.63, 3.8) is 0 Å². The standard InChI is InChI=1S/C15H18FN7O.C2HF3O2/c16-11-3-12(23(8-11)7-10-4-18-9-19-5-10)6-22-15(24)13-14(17)21-2-1-20-13;3-2(4,5)1(6)7/h1-2,4-5,9,11-12H,3,6-8H2,(H2,17,21)(H,22,24);(H,6,7)/t11-,12-;/m0./s1. The number of likely N-dealkylation sites (tertiary alicyclic amines) is 1. The van der Waals surface area contributed by atoms with Gasteiger partial charge in [-0.15, -0.1) is 0 Å². The molecule has 10 nitrogen and oxygen atoms in total. The van der Waals surface area contributed by atoms with E-state index in [1.54, 1.807) is 12.4 Å². The number of rotatable bonds is 5. The third-order valence-corrected chi connectivity index (χ3v) is 4.16. The predicted molar refractivity (Wildman–Crippen MR) is 98.2 cm³/mol. The molecule has 2 aromatic rings. The highest BCUT2D eigenvalue weighted by Crippen LogP contribution is 2.22. The van der Waals surface area contributed by atoms with Crippen LogP contribution in [0.2, 0.25) is 0 Å². The molecule has 0 radical (unpaired) electrons. The van der Waals surface area contributed by atoms with Crippen molar-refractivity contribution in [2.45, 2.75) is 31.4 Å². The number of hydrogen-bond donors (Lipinski definition) is 3. The molecule has 14 heteroatoms. The van der Waals surface area contributed by atoms with Crippen LogP contribution in [0.4, 0.5) is 23.4 Å². The SMILES string of the molecule is Nc1nccnc1C(=O)NC[C@@H]1C[C@H](F)CN1Cc1cncnc1.O=C(O)C(F)(F)F. The number of alkyl halides is 4. The van der Waals surface area contributed by atoms with E-state index in [4.69, 9.17) is 15.6 Å². The summed E-state index contributed by atoms with van der Waals surface area (Å²) in [5, 5.41) is 9.88. The fourth-order valence-corrected chi connectivity index (χ4v) is 2.79. The molecule has 2 atom stereocenters. The monoisotopic (exact) mass is 445 g/mol. The van der Waals surface area contributed by atoms with Gasteiger partial charge < -0.3 is 16.2 Å². The maximum atomic E-state index is 13.8. The summed E-state index contributed by atoms with van der Waals surface area (Å²) in [6.07, 6.45) is 2.04. The minimum atomic E-state index is -5.08. The molecular formula is C17H19F4N7O3. The average Bonchev–Trinajstić information content (AvgIpc) is 3.06. The number of nitrogens with one attached hydrogen (secondary N) is 1. The molecule has 0 saturated carbocycles. The predicted octanol–water partition coefficient (Wildman–Crippen LogP) is 0.825. The van der Waals surface area contributed by atoms with Crippen LogP contribution in [0.1, 0.15) is 22.5 Å². The summed E-state index contributed by atoms with van der Waals surface area (Å²) in [7, 11) is 0. The lowest BCUT2D eigenvalue weighted by molar-refractivity contribution is -0.192. The van der Waals surface area contributed by atoms with Crippen LogP contribution in [-0.4, -0.2) is 73.3 Å². The van der Waals surface area contributed by atoms with Crippen molar-refractivity contribution < 1.29 is 32.3 Å². The Morgan fingerprint density at radius 2 is 1.84 bits per heavy atom. The van der Waals surface area contributed by atoms with E-state index in [-0.39, 0.29) is 17.6 Å². The Bertz CT molecular complexity index is 886. The number of aromatic nitrogens is 4. The molecule has 4 N–H and O–H groups in total. The molecule has 2 aromatic heterocycles. The van der Waals surface area contributed by atoms with Gasteiger partial charge in [0.25, 0.3) is 5.91 Å². The average molecular weight is 445 g/mol. The van der Waals surface area contributed by atoms with Gasteiger partial charge >= 0.3 is 12.1 Å². The molecule has 0 aromatic carbocycles. The molecule has 0 spiro atoms. The first-order valence-electron chi connectivity index (χ1n) is 8.84. The molecule has 168 valence electrons. The molecule has 1 saturated heterocycles. The quantitative estimate of drug-likeness (QED) is 0.569. The highest BCUT2D eigenvalue weighted by molar-refractivity contribution is 5.96. The van der Waals surface area contributed by atoms with Crippen LogP contribution in [0.15, 0.2) is 31.1 Å². The zero-order chi connectivity index (χ0) is 23.0. The second-order valence-corrected chi connectivity index (χ2v) is 6.47. The van der Waals surface area contributed by atoms with Gasteiger partial charge in [0.05, 0.1) is 0 Å². The first kappa shape index (κ1) is 23.9. The van der Waals surface area contributed by atoms with Gasteiger partial charge in [0.1, 0.15) is 12.5 Å². The lowest BCUT2D eigenvalue weighted by Crippen LogP contribution is -2.40. The molecule has 0 aliphatic carbocycles. The number of nitrogen functional groups attached to an aromatic ring is 1. The minimum absolute atomic E-state index is 0.0723. The maximum absolute atomic E-state index is 13.8. The number of aliphatic carboxylic acids is 1. The molecule has 3 rings (SSSR count). The maximum Gasteiger partial charge on any atom is 0.490 e. The summed E-state index contributed by atoms with van der Waals surface area (Å²) >= 11 is 0. The second kappa shape index (κ2) is 10.6. The van der Waals surface area contributed by atoms with Crippen LogP contribution in [0.25, 0.3) is 0 Å². The van der Waals surface area contributed by atoms with Crippen molar-refractivity contribution in [3.8, 4) is 0 Å². The van der Waals surface area contributed by atoms with Crippen LogP contribution in [-0.2, 0) is 11.3 Å². The third-order valence-electron chi connectivity index (χ3n) is 4.16. The summed E-state index contributed by atoms with van der Waals surface area (Å²) in [5.41, 5.74) is 6.62. The largest absolute Gasteiger partial charge is 0.490 e. The van der Waals surface area contributed by atoms with Crippen molar-refractivity contribution in [2.75, 3.05) is 18.8 Å². The lowest BCUT2D eigenvalue weighted by Gasteiger charge is -2.24. The Balaban J connectivity index is 0.000000423. The number of nitrogens with two attached hydrogens (primary N) is 1. The molecule has 1 aliphatic heterocycles. The summed E-state index contributed by atoms with van der Waals surface area (Å²) in [6, 6.07) is -0.109. The van der Waals surface area contributed by atoms with E-state index < -0.39 is 24.2 Å². The van der Waals surface area contributed by atoms with Crippen LogP contribution in [0.3, 0.4) is 0 Å². The minimum Gasteiger partial charge on any atom is -0.475 e. The molecule has 0 bridgehead atoms. The van der Waals surface area contributed by atoms with E-state index in [1.165, 1.54) is 18.7 Å².